The Morgan fingerprint density at radius 1 is 1.33 bits per heavy atom. The van der Waals surface area contributed by atoms with Gasteiger partial charge >= 0.3 is 0 Å². The summed E-state index contributed by atoms with van der Waals surface area (Å²) in [5.41, 5.74) is 4.15. The molecule has 24 heavy (non-hydrogen) atoms. The van der Waals surface area contributed by atoms with E-state index in [1.54, 1.807) is 12.1 Å². The number of hydrogen-bond donors (Lipinski definition) is 2. The Balaban J connectivity index is 1.64. The van der Waals surface area contributed by atoms with Gasteiger partial charge in [0.15, 0.2) is 0 Å². The molecule has 0 saturated carbocycles. The zero-order valence-corrected chi connectivity index (χ0v) is 13.8. The number of hydrogen-bond acceptors (Lipinski definition) is 4. The molecule has 0 saturated heterocycles. The number of rotatable bonds is 4. The summed E-state index contributed by atoms with van der Waals surface area (Å²) < 4.78 is 13.0. The van der Waals surface area contributed by atoms with Gasteiger partial charge in [0.2, 0.25) is 6.10 Å². The summed E-state index contributed by atoms with van der Waals surface area (Å²) in [6, 6.07) is 5.99. The molecule has 0 radical (unpaired) electrons. The molecule has 126 valence electrons. The number of halogens is 1. The Labute approximate surface area is 139 Å². The lowest BCUT2D eigenvalue weighted by molar-refractivity contribution is -0.132. The van der Waals surface area contributed by atoms with E-state index in [0.717, 1.165) is 22.5 Å². The van der Waals surface area contributed by atoms with E-state index in [4.69, 9.17) is 4.84 Å². The van der Waals surface area contributed by atoms with Crippen LogP contribution in [0.4, 0.5) is 4.39 Å². The second kappa shape index (κ2) is 6.43. The quantitative estimate of drug-likeness (QED) is 0.902. The van der Waals surface area contributed by atoms with E-state index >= 15 is 0 Å². The Hall–Kier alpha value is -2.70. The van der Waals surface area contributed by atoms with Gasteiger partial charge in [-0.2, -0.15) is 5.10 Å². The van der Waals surface area contributed by atoms with Crippen LogP contribution in [0, 0.1) is 25.6 Å². The van der Waals surface area contributed by atoms with Crippen LogP contribution in [-0.2, 0) is 16.2 Å². The summed E-state index contributed by atoms with van der Waals surface area (Å²) in [5, 5.41) is 13.9. The minimum Gasteiger partial charge on any atom is -0.381 e. The van der Waals surface area contributed by atoms with Crippen molar-refractivity contribution in [3.63, 3.8) is 0 Å². The van der Waals surface area contributed by atoms with Crippen molar-refractivity contribution >= 4 is 11.6 Å². The number of H-pyrrole nitrogens is 1. The van der Waals surface area contributed by atoms with Gasteiger partial charge in [-0.3, -0.25) is 9.89 Å². The van der Waals surface area contributed by atoms with Gasteiger partial charge < -0.3 is 10.2 Å². The fraction of sp³-hybridized carbons (Fsp3) is 0.353. The van der Waals surface area contributed by atoms with Crippen molar-refractivity contribution in [2.45, 2.75) is 33.4 Å². The van der Waals surface area contributed by atoms with Crippen molar-refractivity contribution in [2.24, 2.45) is 11.1 Å². The maximum atomic E-state index is 13.0. The molecule has 0 aliphatic carbocycles. The third kappa shape index (κ3) is 3.02. The van der Waals surface area contributed by atoms with Gasteiger partial charge in [0.1, 0.15) is 5.82 Å². The number of aromatic amines is 1. The van der Waals surface area contributed by atoms with Crippen LogP contribution in [0.2, 0.25) is 0 Å². The monoisotopic (exact) mass is 330 g/mol. The molecule has 2 aromatic rings. The number of carbonyl (C=O) groups excluding carboxylic acids is 1. The topological polar surface area (TPSA) is 79.4 Å². The largest absolute Gasteiger partial charge is 0.381 e. The lowest BCUT2D eigenvalue weighted by Gasteiger charge is -2.14. The maximum Gasteiger partial charge on any atom is 0.264 e. The molecule has 1 amide bonds. The van der Waals surface area contributed by atoms with Crippen molar-refractivity contribution in [1.29, 1.82) is 0 Å². The second-order valence-corrected chi connectivity index (χ2v) is 5.93. The summed E-state index contributed by atoms with van der Waals surface area (Å²) >= 11 is 0. The summed E-state index contributed by atoms with van der Waals surface area (Å²) in [7, 11) is 0. The lowest BCUT2D eigenvalue weighted by Crippen LogP contribution is -2.39. The Morgan fingerprint density at radius 3 is 2.67 bits per heavy atom. The van der Waals surface area contributed by atoms with Gasteiger partial charge in [-0.1, -0.05) is 24.2 Å². The first-order valence-corrected chi connectivity index (χ1v) is 7.75. The molecule has 0 spiro atoms. The van der Waals surface area contributed by atoms with Crippen LogP contribution in [0.1, 0.15) is 29.4 Å². The normalized spacial score (nSPS) is 19.8. The molecule has 1 aliphatic heterocycles. The number of nitrogens with one attached hydrogen (secondary N) is 2. The number of amides is 1. The standard InChI is InChI=1S/C17H19FN4O2/c1-9-15(12-4-6-13(18)7-5-12)22-24-16(9)17(23)19-8-14-10(2)20-21-11(14)3/h4-7,9,16H,8H2,1-3H3,(H,19,23)(H,20,21). The molecule has 1 aromatic carbocycles. The molecule has 7 heteroatoms. The average Bonchev–Trinajstić information content (AvgIpc) is 3.09. The zero-order valence-electron chi connectivity index (χ0n) is 13.8. The van der Waals surface area contributed by atoms with Crippen LogP contribution in [0.5, 0.6) is 0 Å². The SMILES string of the molecule is Cc1n[nH]c(C)c1CNC(=O)C1ON=C(c2ccc(F)cc2)C1C. The number of oxime groups is 1. The smallest absolute Gasteiger partial charge is 0.264 e. The summed E-state index contributed by atoms with van der Waals surface area (Å²) in [6.45, 7) is 6.04. The highest BCUT2D eigenvalue weighted by Crippen LogP contribution is 2.23. The van der Waals surface area contributed by atoms with Crippen molar-refractivity contribution in [1.82, 2.24) is 15.5 Å². The maximum absolute atomic E-state index is 13.0. The predicted octanol–water partition coefficient (Wildman–Crippen LogP) is 2.22. The van der Waals surface area contributed by atoms with E-state index in [-0.39, 0.29) is 17.6 Å². The van der Waals surface area contributed by atoms with Gasteiger partial charge in [0.05, 0.1) is 17.3 Å². The van der Waals surface area contributed by atoms with Gasteiger partial charge in [-0.25, -0.2) is 4.39 Å². The Morgan fingerprint density at radius 2 is 2.04 bits per heavy atom. The number of aryl methyl sites for hydroxylation is 2. The highest BCUT2D eigenvalue weighted by molar-refractivity contribution is 6.05. The molecule has 0 bridgehead atoms. The highest BCUT2D eigenvalue weighted by Gasteiger charge is 2.36. The van der Waals surface area contributed by atoms with Crippen molar-refractivity contribution in [3.8, 4) is 0 Å². The molecule has 3 rings (SSSR count). The Bertz CT molecular complexity index is 763. The fourth-order valence-corrected chi connectivity index (χ4v) is 2.75. The number of carbonyl (C=O) groups is 1. The predicted molar refractivity (Wildman–Crippen MR) is 86.9 cm³/mol. The summed E-state index contributed by atoms with van der Waals surface area (Å²) in [4.78, 5) is 17.7. The van der Waals surface area contributed by atoms with Crippen LogP contribution in [0.3, 0.4) is 0 Å². The van der Waals surface area contributed by atoms with Gasteiger partial charge in [-0.15, -0.1) is 0 Å². The van der Waals surface area contributed by atoms with Crippen LogP contribution >= 0.6 is 0 Å². The highest BCUT2D eigenvalue weighted by atomic mass is 19.1. The van der Waals surface area contributed by atoms with Gasteiger partial charge in [-0.05, 0) is 31.5 Å². The van der Waals surface area contributed by atoms with E-state index in [0.29, 0.717) is 12.3 Å². The first-order chi connectivity index (χ1) is 11.5. The lowest BCUT2D eigenvalue weighted by atomic mass is 9.93. The molecular formula is C17H19FN4O2. The summed E-state index contributed by atoms with van der Waals surface area (Å²) in [5.74, 6) is -0.767. The molecule has 2 unspecified atom stereocenters. The zero-order chi connectivity index (χ0) is 17.3. The minimum atomic E-state index is -0.697. The van der Waals surface area contributed by atoms with Crippen molar-refractivity contribution in [2.75, 3.05) is 0 Å². The molecule has 2 heterocycles. The van der Waals surface area contributed by atoms with Crippen molar-refractivity contribution < 1.29 is 14.0 Å². The van der Waals surface area contributed by atoms with E-state index in [1.807, 2.05) is 20.8 Å². The van der Waals surface area contributed by atoms with Crippen LogP contribution in [0.25, 0.3) is 0 Å². The Kier molecular flexibility index (Phi) is 4.33. The number of nitrogens with zero attached hydrogens (tertiary/aromatic N) is 2. The molecule has 1 aromatic heterocycles. The molecule has 2 atom stereocenters. The second-order valence-electron chi connectivity index (χ2n) is 5.93. The fourth-order valence-electron chi connectivity index (χ4n) is 2.75. The van der Waals surface area contributed by atoms with Crippen molar-refractivity contribution in [3.05, 3.63) is 52.6 Å². The van der Waals surface area contributed by atoms with E-state index in [2.05, 4.69) is 20.7 Å². The summed E-state index contributed by atoms with van der Waals surface area (Å²) in [6.07, 6.45) is -0.697. The molecule has 6 nitrogen and oxygen atoms in total. The average molecular weight is 330 g/mol. The van der Waals surface area contributed by atoms with Crippen LogP contribution in [-0.4, -0.2) is 27.9 Å². The first kappa shape index (κ1) is 16.2. The first-order valence-electron chi connectivity index (χ1n) is 7.75. The van der Waals surface area contributed by atoms with E-state index in [1.165, 1.54) is 12.1 Å². The van der Waals surface area contributed by atoms with E-state index < -0.39 is 6.10 Å². The van der Waals surface area contributed by atoms with Crippen LogP contribution in [0.15, 0.2) is 29.4 Å². The third-order valence-electron chi connectivity index (χ3n) is 4.27. The number of benzene rings is 1. The van der Waals surface area contributed by atoms with Crippen LogP contribution < -0.4 is 5.32 Å². The molecule has 0 fully saturated rings. The van der Waals surface area contributed by atoms with Gasteiger partial charge in [0, 0.05) is 17.8 Å². The molecule has 2 N–H and O–H groups in total. The minimum absolute atomic E-state index is 0.220. The number of aromatic nitrogens is 2. The molecule has 1 aliphatic rings. The van der Waals surface area contributed by atoms with Gasteiger partial charge in [0.25, 0.3) is 5.91 Å². The molecular weight excluding hydrogens is 311 g/mol. The third-order valence-corrected chi connectivity index (χ3v) is 4.27. The van der Waals surface area contributed by atoms with E-state index in [9.17, 15) is 9.18 Å².